The third-order valence-corrected chi connectivity index (χ3v) is 4.53. The van der Waals surface area contributed by atoms with Gasteiger partial charge >= 0.3 is 0 Å². The highest BCUT2D eigenvalue weighted by molar-refractivity contribution is 5.79. The predicted octanol–water partition coefficient (Wildman–Crippen LogP) is 3.98. The standard InChI is InChI=1S/C22H35N5O2/c1-6-7-8-13-28-19-14-17(4)9-10-18(19)15-25-22(23-5)24-12-11-20-26-21(16(2)3)27-29-20/h9-10,14,16H,6-8,11-13,15H2,1-5H3,(H2,23,24,25). The SMILES string of the molecule is CCCCCOc1cc(C)ccc1CNC(=NC)NCCc1nc(C(C)C)no1. The van der Waals surface area contributed by atoms with Crippen LogP contribution in [0, 0.1) is 6.92 Å². The second-order valence-corrected chi connectivity index (χ2v) is 7.47. The Morgan fingerprint density at radius 2 is 2.07 bits per heavy atom. The zero-order valence-electron chi connectivity index (χ0n) is 18.4. The highest BCUT2D eigenvalue weighted by Gasteiger charge is 2.10. The number of rotatable bonds is 11. The molecule has 0 bridgehead atoms. The van der Waals surface area contributed by atoms with Crippen molar-refractivity contribution < 1.29 is 9.26 Å². The van der Waals surface area contributed by atoms with Gasteiger partial charge in [0.15, 0.2) is 11.8 Å². The van der Waals surface area contributed by atoms with Gasteiger partial charge in [0.2, 0.25) is 5.89 Å². The molecule has 2 N–H and O–H groups in total. The van der Waals surface area contributed by atoms with E-state index in [0.717, 1.165) is 36.1 Å². The molecule has 7 nitrogen and oxygen atoms in total. The van der Waals surface area contributed by atoms with E-state index < -0.39 is 0 Å². The second-order valence-electron chi connectivity index (χ2n) is 7.47. The van der Waals surface area contributed by atoms with E-state index in [2.05, 4.69) is 57.8 Å². The van der Waals surface area contributed by atoms with Crippen LogP contribution in [0.4, 0.5) is 0 Å². The summed E-state index contributed by atoms with van der Waals surface area (Å²) < 4.78 is 11.3. The summed E-state index contributed by atoms with van der Waals surface area (Å²) in [6.07, 6.45) is 4.11. The third-order valence-electron chi connectivity index (χ3n) is 4.53. The van der Waals surface area contributed by atoms with Crippen molar-refractivity contribution in [3.63, 3.8) is 0 Å². The summed E-state index contributed by atoms with van der Waals surface area (Å²) in [5.41, 5.74) is 2.32. The lowest BCUT2D eigenvalue weighted by Gasteiger charge is -2.15. The molecule has 1 aromatic carbocycles. The van der Waals surface area contributed by atoms with Crippen LogP contribution in [0.2, 0.25) is 0 Å². The number of benzene rings is 1. The van der Waals surface area contributed by atoms with Crippen LogP contribution in [-0.4, -0.2) is 36.3 Å². The molecule has 0 unspecified atom stereocenters. The van der Waals surface area contributed by atoms with Gasteiger partial charge in [-0.1, -0.05) is 50.9 Å². The Labute approximate surface area is 174 Å². The van der Waals surface area contributed by atoms with Gasteiger partial charge in [0.1, 0.15) is 5.75 Å². The molecular weight excluding hydrogens is 366 g/mol. The fourth-order valence-corrected chi connectivity index (χ4v) is 2.77. The number of nitrogens with one attached hydrogen (secondary N) is 2. The highest BCUT2D eigenvalue weighted by atomic mass is 16.5. The van der Waals surface area contributed by atoms with Crippen molar-refractivity contribution in [1.29, 1.82) is 0 Å². The number of aromatic nitrogens is 2. The van der Waals surface area contributed by atoms with Crippen molar-refractivity contribution in [1.82, 2.24) is 20.8 Å². The van der Waals surface area contributed by atoms with E-state index in [1.807, 2.05) is 13.8 Å². The molecule has 160 valence electrons. The first-order valence-electron chi connectivity index (χ1n) is 10.5. The van der Waals surface area contributed by atoms with Crippen molar-refractivity contribution in [3.05, 3.63) is 41.0 Å². The summed E-state index contributed by atoms with van der Waals surface area (Å²) in [6, 6.07) is 6.31. The zero-order chi connectivity index (χ0) is 21.1. The number of guanidine groups is 1. The average Bonchev–Trinajstić information content (AvgIpc) is 3.18. The maximum atomic E-state index is 6.02. The third kappa shape index (κ3) is 7.75. The molecular formula is C22H35N5O2. The van der Waals surface area contributed by atoms with E-state index in [1.54, 1.807) is 7.05 Å². The van der Waals surface area contributed by atoms with Gasteiger partial charge in [-0.3, -0.25) is 4.99 Å². The monoisotopic (exact) mass is 401 g/mol. The van der Waals surface area contributed by atoms with E-state index in [-0.39, 0.29) is 5.92 Å². The maximum Gasteiger partial charge on any atom is 0.228 e. The number of ether oxygens (including phenoxy) is 1. The van der Waals surface area contributed by atoms with Gasteiger partial charge < -0.3 is 19.9 Å². The van der Waals surface area contributed by atoms with Gasteiger partial charge in [-0.15, -0.1) is 0 Å². The Kier molecular flexibility index (Phi) is 9.47. The molecule has 1 aromatic heterocycles. The number of hydrogen-bond donors (Lipinski definition) is 2. The molecule has 0 saturated carbocycles. The Balaban J connectivity index is 1.83. The van der Waals surface area contributed by atoms with E-state index in [9.17, 15) is 0 Å². The van der Waals surface area contributed by atoms with E-state index >= 15 is 0 Å². The number of aryl methyl sites for hydroxylation is 1. The van der Waals surface area contributed by atoms with E-state index in [4.69, 9.17) is 9.26 Å². The van der Waals surface area contributed by atoms with Crippen LogP contribution in [0.25, 0.3) is 0 Å². The van der Waals surface area contributed by atoms with Gasteiger partial charge in [-0.05, 0) is 25.0 Å². The van der Waals surface area contributed by atoms with Crippen molar-refractivity contribution in [2.75, 3.05) is 20.2 Å². The van der Waals surface area contributed by atoms with Crippen LogP contribution in [0.1, 0.15) is 68.8 Å². The second kappa shape index (κ2) is 12.1. The fourth-order valence-electron chi connectivity index (χ4n) is 2.77. The zero-order valence-corrected chi connectivity index (χ0v) is 18.4. The smallest absolute Gasteiger partial charge is 0.228 e. The van der Waals surface area contributed by atoms with Crippen LogP contribution < -0.4 is 15.4 Å². The summed E-state index contributed by atoms with van der Waals surface area (Å²) in [4.78, 5) is 8.68. The fraction of sp³-hybridized carbons (Fsp3) is 0.591. The topological polar surface area (TPSA) is 84.6 Å². The van der Waals surface area contributed by atoms with Gasteiger partial charge in [-0.25, -0.2) is 0 Å². The number of hydrogen-bond acceptors (Lipinski definition) is 5. The molecule has 0 atom stereocenters. The van der Waals surface area contributed by atoms with Crippen LogP contribution in [0.3, 0.4) is 0 Å². The summed E-state index contributed by atoms with van der Waals surface area (Å²) in [5, 5.41) is 10.6. The lowest BCUT2D eigenvalue weighted by molar-refractivity contribution is 0.303. The molecule has 7 heteroatoms. The molecule has 1 heterocycles. The predicted molar refractivity (Wildman–Crippen MR) is 116 cm³/mol. The number of aliphatic imine (C=N–C) groups is 1. The first-order valence-corrected chi connectivity index (χ1v) is 10.5. The molecule has 0 amide bonds. The molecule has 0 spiro atoms. The van der Waals surface area contributed by atoms with Crippen molar-refractivity contribution in [3.8, 4) is 5.75 Å². The Morgan fingerprint density at radius 3 is 2.76 bits per heavy atom. The number of nitrogens with zero attached hydrogens (tertiary/aromatic N) is 3. The minimum atomic E-state index is 0.266. The van der Waals surface area contributed by atoms with Gasteiger partial charge in [0, 0.05) is 38.0 Å². The Bertz CT molecular complexity index is 770. The molecule has 0 saturated heterocycles. The highest BCUT2D eigenvalue weighted by Crippen LogP contribution is 2.20. The molecule has 2 rings (SSSR count). The summed E-state index contributed by atoms with van der Waals surface area (Å²) >= 11 is 0. The largest absolute Gasteiger partial charge is 0.493 e. The first-order chi connectivity index (χ1) is 14.0. The molecule has 0 aliphatic rings. The molecule has 0 aliphatic carbocycles. The summed E-state index contributed by atoms with van der Waals surface area (Å²) in [6.45, 7) is 10.4. The van der Waals surface area contributed by atoms with Crippen LogP contribution >= 0.6 is 0 Å². The van der Waals surface area contributed by atoms with Crippen molar-refractivity contribution in [2.24, 2.45) is 4.99 Å². The quantitative estimate of drug-likeness (QED) is 0.337. The van der Waals surface area contributed by atoms with Gasteiger partial charge in [0.05, 0.1) is 6.61 Å². The van der Waals surface area contributed by atoms with Gasteiger partial charge in [-0.2, -0.15) is 4.98 Å². The van der Waals surface area contributed by atoms with Crippen LogP contribution in [0.15, 0.2) is 27.7 Å². The molecule has 0 aliphatic heterocycles. The molecule has 0 radical (unpaired) electrons. The minimum Gasteiger partial charge on any atom is -0.493 e. The lowest BCUT2D eigenvalue weighted by atomic mass is 10.1. The maximum absolute atomic E-state index is 6.02. The number of unbranched alkanes of at least 4 members (excludes halogenated alkanes) is 2. The average molecular weight is 402 g/mol. The van der Waals surface area contributed by atoms with Gasteiger partial charge in [0.25, 0.3) is 0 Å². The molecule has 2 aromatic rings. The minimum absolute atomic E-state index is 0.266. The van der Waals surface area contributed by atoms with E-state index in [1.165, 1.54) is 18.4 Å². The normalized spacial score (nSPS) is 11.7. The molecule has 29 heavy (non-hydrogen) atoms. The summed E-state index contributed by atoms with van der Waals surface area (Å²) in [7, 11) is 1.76. The Hall–Kier alpha value is -2.57. The summed E-state index contributed by atoms with van der Waals surface area (Å²) in [5.74, 6) is 3.32. The van der Waals surface area contributed by atoms with Crippen LogP contribution in [-0.2, 0) is 13.0 Å². The Morgan fingerprint density at radius 1 is 1.24 bits per heavy atom. The van der Waals surface area contributed by atoms with Crippen molar-refractivity contribution in [2.45, 2.75) is 65.8 Å². The van der Waals surface area contributed by atoms with Crippen molar-refractivity contribution >= 4 is 5.96 Å². The first kappa shape index (κ1) is 22.7. The van der Waals surface area contributed by atoms with Crippen LogP contribution in [0.5, 0.6) is 5.75 Å². The lowest BCUT2D eigenvalue weighted by Crippen LogP contribution is -2.38. The molecule has 0 fully saturated rings. The van der Waals surface area contributed by atoms with E-state index in [0.29, 0.717) is 25.4 Å².